The van der Waals surface area contributed by atoms with Gasteiger partial charge in [-0.25, -0.2) is 4.85 Å². The summed E-state index contributed by atoms with van der Waals surface area (Å²) in [6, 6.07) is 31.2. The summed E-state index contributed by atoms with van der Waals surface area (Å²) in [5.41, 5.74) is 0. The van der Waals surface area contributed by atoms with Gasteiger partial charge in [0.15, 0.2) is 5.92 Å². The first-order chi connectivity index (χ1) is 10.9. The van der Waals surface area contributed by atoms with E-state index in [2.05, 4.69) is 41.2 Å². The minimum absolute atomic E-state index is 1.21. The molecule has 0 saturated heterocycles. The van der Waals surface area contributed by atoms with Gasteiger partial charge in [-0.05, 0) is 22.8 Å². The van der Waals surface area contributed by atoms with E-state index in [1.54, 1.807) is 0 Å². The fraction of sp³-hybridized carbons (Fsp3) is 0. The number of rotatable bonds is 3. The van der Waals surface area contributed by atoms with Crippen molar-refractivity contribution in [2.45, 2.75) is 0 Å². The lowest BCUT2D eigenvalue weighted by Crippen LogP contribution is -2.26. The maximum absolute atomic E-state index is 7.50. The quantitative estimate of drug-likeness (QED) is 0.514. The maximum Gasteiger partial charge on any atom is 0.162 e. The molecular formula is C20H16NP. The Morgan fingerprint density at radius 1 is 0.591 bits per heavy atom. The predicted octanol–water partition coefficient (Wildman–Crippen LogP) is 3.66. The number of hydrogen-bond donors (Lipinski definition) is 0. The van der Waals surface area contributed by atoms with Crippen LogP contribution in [0.3, 0.4) is 0 Å². The Hall–Kier alpha value is -2.55. The molecule has 22 heavy (non-hydrogen) atoms. The van der Waals surface area contributed by atoms with Crippen molar-refractivity contribution in [2.24, 2.45) is 0 Å². The Kier molecular flexibility index (Phi) is 4.24. The minimum Gasteiger partial charge on any atom is -0.245 e. The number of hydrogen-bond acceptors (Lipinski definition) is 0. The van der Waals surface area contributed by atoms with Gasteiger partial charge in [0.2, 0.25) is 0 Å². The molecule has 1 nitrogen and oxygen atoms in total. The van der Waals surface area contributed by atoms with Crippen LogP contribution in [0.2, 0.25) is 0 Å². The first-order valence-electron chi connectivity index (χ1n) is 7.14. The first kappa shape index (κ1) is 14.4. The van der Waals surface area contributed by atoms with E-state index in [1.807, 2.05) is 60.5 Å². The van der Waals surface area contributed by atoms with Gasteiger partial charge in [-0.2, -0.15) is 0 Å². The van der Waals surface area contributed by atoms with E-state index in [1.165, 1.54) is 15.9 Å². The molecule has 0 unspecified atom stereocenters. The van der Waals surface area contributed by atoms with Crippen LogP contribution < -0.4 is 15.9 Å². The highest BCUT2D eigenvalue weighted by Crippen LogP contribution is 2.43. The SMILES string of the molecule is [C-]#[N+]C=P(c1ccccc1)(c1ccccc1)c1ccccc1. The Labute approximate surface area is 131 Å². The van der Waals surface area contributed by atoms with Crippen molar-refractivity contribution in [1.29, 1.82) is 0 Å². The van der Waals surface area contributed by atoms with Crippen LogP contribution in [-0.2, 0) is 0 Å². The van der Waals surface area contributed by atoms with Crippen LogP contribution in [0.15, 0.2) is 91.0 Å². The van der Waals surface area contributed by atoms with E-state index in [0.717, 1.165) is 0 Å². The lowest BCUT2D eigenvalue weighted by atomic mass is 10.4. The topological polar surface area (TPSA) is 4.36 Å². The highest BCUT2D eigenvalue weighted by atomic mass is 31.2. The fourth-order valence-corrected chi connectivity index (χ4v) is 6.12. The van der Waals surface area contributed by atoms with Gasteiger partial charge in [-0.1, -0.05) is 91.0 Å². The molecule has 3 rings (SSSR count). The smallest absolute Gasteiger partial charge is 0.162 e. The van der Waals surface area contributed by atoms with Crippen molar-refractivity contribution in [3.63, 3.8) is 0 Å². The third-order valence-electron chi connectivity index (χ3n) is 3.72. The van der Waals surface area contributed by atoms with E-state index >= 15 is 0 Å². The monoisotopic (exact) mass is 301 g/mol. The summed E-state index contributed by atoms with van der Waals surface area (Å²) in [6.07, 6.45) is 0. The molecular weight excluding hydrogens is 285 g/mol. The first-order valence-corrected chi connectivity index (χ1v) is 9.00. The van der Waals surface area contributed by atoms with Crippen molar-refractivity contribution in [1.82, 2.24) is 0 Å². The Balaban J connectivity index is 2.41. The van der Waals surface area contributed by atoms with Crippen LogP contribution in [0.5, 0.6) is 0 Å². The highest BCUT2D eigenvalue weighted by Gasteiger charge is 2.24. The van der Waals surface area contributed by atoms with E-state index in [-0.39, 0.29) is 0 Å². The second kappa shape index (κ2) is 6.48. The van der Waals surface area contributed by atoms with Crippen LogP contribution in [0.25, 0.3) is 4.85 Å². The molecule has 0 aliphatic heterocycles. The molecule has 2 heteroatoms. The van der Waals surface area contributed by atoms with Crippen molar-refractivity contribution in [2.75, 3.05) is 0 Å². The third-order valence-corrected chi connectivity index (χ3v) is 7.52. The summed E-state index contributed by atoms with van der Waals surface area (Å²) < 4.78 is 0. The maximum atomic E-state index is 7.50. The Morgan fingerprint density at radius 2 is 0.909 bits per heavy atom. The molecule has 0 saturated carbocycles. The summed E-state index contributed by atoms with van der Waals surface area (Å²) in [7, 11) is 0. The molecule has 0 fully saturated rings. The second-order valence-electron chi connectivity index (χ2n) is 4.97. The number of benzene rings is 3. The van der Waals surface area contributed by atoms with Gasteiger partial charge in [-0.15, -0.1) is 0 Å². The van der Waals surface area contributed by atoms with E-state index in [0.29, 0.717) is 0 Å². The van der Waals surface area contributed by atoms with Crippen LogP contribution in [0, 0.1) is 6.57 Å². The van der Waals surface area contributed by atoms with Gasteiger partial charge in [0.25, 0.3) is 0 Å². The van der Waals surface area contributed by atoms with E-state index in [9.17, 15) is 0 Å². The van der Waals surface area contributed by atoms with Gasteiger partial charge in [-0.3, -0.25) is 0 Å². The largest absolute Gasteiger partial charge is 0.245 e. The zero-order valence-corrected chi connectivity index (χ0v) is 13.0. The normalized spacial score (nSPS) is 10.7. The summed E-state index contributed by atoms with van der Waals surface area (Å²) >= 11 is 0. The van der Waals surface area contributed by atoms with Crippen LogP contribution in [0.4, 0.5) is 0 Å². The number of nitrogens with zero attached hydrogens (tertiary/aromatic N) is 1. The molecule has 0 N–H and O–H groups in total. The zero-order chi connectivity index (χ0) is 15.3. The molecule has 0 heterocycles. The van der Waals surface area contributed by atoms with Gasteiger partial charge in [0.05, 0.1) is 6.57 Å². The highest BCUT2D eigenvalue weighted by molar-refractivity contribution is 7.94. The molecule has 0 aliphatic carbocycles. The average Bonchev–Trinajstić information content (AvgIpc) is 2.62. The van der Waals surface area contributed by atoms with E-state index < -0.39 is 6.89 Å². The summed E-state index contributed by atoms with van der Waals surface area (Å²) in [6.45, 7) is 5.47. The Bertz CT molecular complexity index is 728. The summed E-state index contributed by atoms with van der Waals surface area (Å²) in [5, 5.41) is 3.63. The van der Waals surface area contributed by atoms with Crippen molar-refractivity contribution >= 4 is 28.7 Å². The fourth-order valence-electron chi connectivity index (χ4n) is 2.72. The lowest BCUT2D eigenvalue weighted by molar-refractivity contribution is 1.73. The van der Waals surface area contributed by atoms with Gasteiger partial charge in [0, 0.05) is 0 Å². The van der Waals surface area contributed by atoms with Gasteiger partial charge in [0.1, 0.15) is 0 Å². The third kappa shape index (κ3) is 2.50. The van der Waals surface area contributed by atoms with Gasteiger partial charge >= 0.3 is 0 Å². The molecule has 0 amide bonds. The molecule has 3 aromatic carbocycles. The van der Waals surface area contributed by atoms with Crippen molar-refractivity contribution in [3.05, 3.63) is 102 Å². The summed E-state index contributed by atoms with van der Waals surface area (Å²) in [4.78, 5) is 3.71. The van der Waals surface area contributed by atoms with Gasteiger partial charge < -0.3 is 0 Å². The molecule has 0 atom stereocenters. The molecule has 0 radical (unpaired) electrons. The second-order valence-corrected chi connectivity index (χ2v) is 8.20. The summed E-state index contributed by atoms with van der Waals surface area (Å²) in [5.74, 6) is 1.83. The molecule has 3 aromatic rings. The van der Waals surface area contributed by atoms with Crippen molar-refractivity contribution in [3.8, 4) is 0 Å². The molecule has 0 spiro atoms. The minimum atomic E-state index is -2.03. The molecule has 106 valence electrons. The Morgan fingerprint density at radius 3 is 1.18 bits per heavy atom. The van der Waals surface area contributed by atoms with Crippen LogP contribution >= 0.6 is 6.89 Å². The molecule has 0 aliphatic rings. The van der Waals surface area contributed by atoms with Crippen molar-refractivity contribution < 1.29 is 0 Å². The van der Waals surface area contributed by atoms with E-state index in [4.69, 9.17) is 6.57 Å². The predicted molar refractivity (Wildman–Crippen MR) is 97.8 cm³/mol. The molecule has 0 bridgehead atoms. The lowest BCUT2D eigenvalue weighted by Gasteiger charge is -2.27. The van der Waals surface area contributed by atoms with Crippen LogP contribution in [-0.4, -0.2) is 5.92 Å². The zero-order valence-electron chi connectivity index (χ0n) is 12.1. The molecule has 0 aromatic heterocycles. The standard InChI is InChI=1S/C20H16NP/c1-21-17-22(18-11-5-2-6-12-18,19-13-7-3-8-14-19)20-15-9-4-10-16-20/h2-17H. The average molecular weight is 301 g/mol. The van der Waals surface area contributed by atoms with Crippen LogP contribution in [0.1, 0.15) is 0 Å².